The molecule has 6 heteroatoms. The highest BCUT2D eigenvalue weighted by Crippen LogP contribution is 2.22. The predicted octanol–water partition coefficient (Wildman–Crippen LogP) is 3.62. The first-order valence-electron chi connectivity index (χ1n) is 6.66. The van der Waals surface area contributed by atoms with Gasteiger partial charge in [0.1, 0.15) is 11.6 Å². The van der Waals surface area contributed by atoms with Crippen LogP contribution in [0.25, 0.3) is 11.0 Å². The minimum absolute atomic E-state index is 0.528. The van der Waals surface area contributed by atoms with Crippen molar-refractivity contribution in [3.8, 4) is 0 Å². The average molecular weight is 321 g/mol. The van der Waals surface area contributed by atoms with E-state index in [-0.39, 0.29) is 0 Å². The third-order valence-corrected chi connectivity index (χ3v) is 3.69. The molecule has 0 radical (unpaired) electrons. The Hall–Kier alpha value is -1.65. The molecule has 21 heavy (non-hydrogen) atoms. The van der Waals surface area contributed by atoms with E-state index in [2.05, 4.69) is 19.5 Å². The van der Waals surface area contributed by atoms with Crippen molar-refractivity contribution in [3.05, 3.63) is 52.8 Å². The second-order valence-corrected chi connectivity index (χ2v) is 5.60. The van der Waals surface area contributed by atoms with E-state index in [9.17, 15) is 0 Å². The molecule has 0 aliphatic rings. The summed E-state index contributed by atoms with van der Waals surface area (Å²) < 4.78 is 2.12. The molecule has 2 heterocycles. The van der Waals surface area contributed by atoms with E-state index in [1.807, 2.05) is 31.2 Å². The lowest BCUT2D eigenvalue weighted by Crippen LogP contribution is -2.08. The van der Waals surface area contributed by atoms with Crippen LogP contribution in [0.1, 0.15) is 17.3 Å². The molecule has 0 saturated heterocycles. The fourth-order valence-electron chi connectivity index (χ4n) is 2.35. The quantitative estimate of drug-likeness (QED) is 0.689. The van der Waals surface area contributed by atoms with E-state index >= 15 is 0 Å². The first-order valence-corrected chi connectivity index (χ1v) is 7.58. The molecular weight excluding hydrogens is 307 g/mol. The van der Waals surface area contributed by atoms with Crippen LogP contribution in [0.5, 0.6) is 0 Å². The highest BCUT2D eigenvalue weighted by atomic mass is 35.5. The number of halogens is 2. The molecule has 0 unspecified atom stereocenters. The maximum absolute atomic E-state index is 6.11. The Bertz CT molecular complexity index is 782. The van der Waals surface area contributed by atoms with Crippen molar-refractivity contribution in [2.24, 2.45) is 0 Å². The Morgan fingerprint density at radius 2 is 2.05 bits per heavy atom. The highest BCUT2D eigenvalue weighted by molar-refractivity contribution is 6.31. The number of fused-ring (bicyclic) bond motifs is 1. The summed E-state index contributed by atoms with van der Waals surface area (Å²) in [5, 5.41) is 0.694. The number of hydrogen-bond donors (Lipinski definition) is 0. The topological polar surface area (TPSA) is 43.6 Å². The maximum atomic E-state index is 6.11. The van der Waals surface area contributed by atoms with Gasteiger partial charge < -0.3 is 4.57 Å². The summed E-state index contributed by atoms with van der Waals surface area (Å²) in [6, 6.07) is 7.61. The number of aryl methyl sites for hydroxylation is 2. The van der Waals surface area contributed by atoms with E-state index in [0.717, 1.165) is 28.4 Å². The maximum Gasteiger partial charge on any atom is 0.125 e. The Morgan fingerprint density at radius 1 is 1.19 bits per heavy atom. The van der Waals surface area contributed by atoms with Crippen molar-refractivity contribution < 1.29 is 0 Å². The molecule has 0 atom stereocenters. The average Bonchev–Trinajstić information content (AvgIpc) is 2.77. The molecule has 0 aliphatic carbocycles. The van der Waals surface area contributed by atoms with E-state index in [4.69, 9.17) is 23.2 Å². The van der Waals surface area contributed by atoms with Gasteiger partial charge in [0.25, 0.3) is 0 Å². The first-order chi connectivity index (χ1) is 10.2. The van der Waals surface area contributed by atoms with E-state index < -0.39 is 0 Å². The number of hydrogen-bond acceptors (Lipinski definition) is 3. The van der Waals surface area contributed by atoms with Gasteiger partial charge in [0.05, 0.1) is 23.3 Å². The minimum atomic E-state index is 0.528. The number of alkyl halides is 1. The number of benzene rings is 1. The molecule has 0 N–H and O–H groups in total. The summed E-state index contributed by atoms with van der Waals surface area (Å²) >= 11 is 12.0. The monoisotopic (exact) mass is 320 g/mol. The van der Waals surface area contributed by atoms with Crippen LogP contribution in [0.15, 0.2) is 30.5 Å². The molecule has 0 amide bonds. The second kappa shape index (κ2) is 6.00. The van der Waals surface area contributed by atoms with Gasteiger partial charge in [-0.05, 0) is 31.2 Å². The summed E-state index contributed by atoms with van der Waals surface area (Å²) in [5.41, 5.74) is 2.86. The fraction of sp³-hybridized carbons (Fsp3) is 0.267. The van der Waals surface area contributed by atoms with Gasteiger partial charge in [-0.25, -0.2) is 15.0 Å². The van der Waals surface area contributed by atoms with Crippen molar-refractivity contribution >= 4 is 34.2 Å². The van der Waals surface area contributed by atoms with Crippen LogP contribution < -0.4 is 0 Å². The Kier molecular flexibility index (Phi) is 4.08. The fourth-order valence-corrected chi connectivity index (χ4v) is 2.69. The Balaban J connectivity index is 2.10. The summed E-state index contributed by atoms with van der Waals surface area (Å²) in [5.74, 6) is 2.23. The molecule has 1 aromatic carbocycles. The molecule has 4 nitrogen and oxygen atoms in total. The van der Waals surface area contributed by atoms with Crippen molar-refractivity contribution in [2.75, 3.05) is 5.88 Å². The zero-order valence-electron chi connectivity index (χ0n) is 11.6. The number of nitrogens with zero attached hydrogens (tertiary/aromatic N) is 4. The summed E-state index contributed by atoms with van der Waals surface area (Å²) in [6.07, 6.45) is 2.48. The summed E-state index contributed by atoms with van der Waals surface area (Å²) in [6.45, 7) is 2.51. The Labute approximate surface area is 132 Å². The molecule has 108 valence electrons. The molecule has 0 spiro atoms. The van der Waals surface area contributed by atoms with Crippen LogP contribution in [-0.4, -0.2) is 25.4 Å². The van der Waals surface area contributed by atoms with Crippen molar-refractivity contribution in [1.82, 2.24) is 19.5 Å². The highest BCUT2D eigenvalue weighted by Gasteiger charge is 2.12. The van der Waals surface area contributed by atoms with Crippen LogP contribution in [0, 0.1) is 6.92 Å². The standard InChI is InChI=1S/C15H14Cl2N4/c1-10-18-7-5-12(19-10)9-21-14-8-11(17)2-3-13(14)20-15(21)4-6-16/h2-3,5,7-8H,4,6,9H2,1H3. The smallest absolute Gasteiger partial charge is 0.125 e. The van der Waals surface area contributed by atoms with Crippen LogP contribution in [0.2, 0.25) is 5.02 Å². The summed E-state index contributed by atoms with van der Waals surface area (Å²) in [4.78, 5) is 13.2. The van der Waals surface area contributed by atoms with Gasteiger partial charge >= 0.3 is 0 Å². The van der Waals surface area contributed by atoms with E-state index in [0.29, 0.717) is 23.9 Å². The largest absolute Gasteiger partial charge is 0.322 e. The third kappa shape index (κ3) is 3.01. The lowest BCUT2D eigenvalue weighted by atomic mass is 10.3. The molecule has 3 aromatic rings. The zero-order chi connectivity index (χ0) is 14.8. The van der Waals surface area contributed by atoms with Gasteiger partial charge in [0.2, 0.25) is 0 Å². The lowest BCUT2D eigenvalue weighted by molar-refractivity contribution is 0.731. The normalized spacial score (nSPS) is 11.2. The SMILES string of the molecule is Cc1nccc(Cn2c(CCCl)nc3ccc(Cl)cc32)n1. The third-order valence-electron chi connectivity index (χ3n) is 3.26. The lowest BCUT2D eigenvalue weighted by Gasteiger charge is -2.08. The molecule has 3 rings (SSSR count). The Morgan fingerprint density at radius 3 is 2.81 bits per heavy atom. The van der Waals surface area contributed by atoms with Crippen molar-refractivity contribution in [1.29, 1.82) is 0 Å². The molecule has 0 aliphatic heterocycles. The van der Waals surface area contributed by atoms with Crippen molar-refractivity contribution in [2.45, 2.75) is 19.9 Å². The van der Waals surface area contributed by atoms with Crippen LogP contribution >= 0.6 is 23.2 Å². The molecule has 0 fully saturated rings. The number of imidazole rings is 1. The van der Waals surface area contributed by atoms with E-state index in [1.165, 1.54) is 0 Å². The second-order valence-electron chi connectivity index (χ2n) is 4.78. The molecule has 2 aromatic heterocycles. The zero-order valence-corrected chi connectivity index (χ0v) is 13.1. The van der Waals surface area contributed by atoms with E-state index in [1.54, 1.807) is 6.20 Å². The van der Waals surface area contributed by atoms with Gasteiger partial charge in [0, 0.05) is 23.5 Å². The molecular formula is C15H14Cl2N4. The van der Waals surface area contributed by atoms with Gasteiger partial charge in [-0.1, -0.05) is 11.6 Å². The first kappa shape index (κ1) is 14.3. The van der Waals surface area contributed by atoms with Crippen LogP contribution in [0.3, 0.4) is 0 Å². The van der Waals surface area contributed by atoms with Crippen molar-refractivity contribution in [3.63, 3.8) is 0 Å². The summed E-state index contributed by atoms with van der Waals surface area (Å²) in [7, 11) is 0. The molecule has 0 bridgehead atoms. The predicted molar refractivity (Wildman–Crippen MR) is 85.0 cm³/mol. The minimum Gasteiger partial charge on any atom is -0.322 e. The van der Waals surface area contributed by atoms with Gasteiger partial charge in [-0.2, -0.15) is 0 Å². The van der Waals surface area contributed by atoms with Gasteiger partial charge in [-0.3, -0.25) is 0 Å². The van der Waals surface area contributed by atoms with Gasteiger partial charge in [0.15, 0.2) is 0 Å². The number of aromatic nitrogens is 4. The van der Waals surface area contributed by atoms with Crippen LogP contribution in [0.4, 0.5) is 0 Å². The van der Waals surface area contributed by atoms with Crippen LogP contribution in [-0.2, 0) is 13.0 Å². The number of rotatable bonds is 4. The van der Waals surface area contributed by atoms with Gasteiger partial charge in [-0.15, -0.1) is 11.6 Å². The molecule has 0 saturated carbocycles.